The van der Waals surface area contributed by atoms with Gasteiger partial charge in [0.15, 0.2) is 0 Å². The van der Waals surface area contributed by atoms with E-state index in [1.165, 1.54) is 110 Å². The van der Waals surface area contributed by atoms with Gasteiger partial charge in [0.2, 0.25) is 0 Å². The predicted octanol–water partition coefficient (Wildman–Crippen LogP) is 18.5. The first-order chi connectivity index (χ1) is 32.8. The van der Waals surface area contributed by atoms with Gasteiger partial charge in [-0.05, 0) is 133 Å². The van der Waals surface area contributed by atoms with Gasteiger partial charge >= 0.3 is 0 Å². The van der Waals surface area contributed by atoms with Crippen LogP contribution in [0.2, 0.25) is 0 Å². The largest absolute Gasteiger partial charge is 0.0622 e. The van der Waals surface area contributed by atoms with Gasteiger partial charge < -0.3 is 0 Å². The molecule has 0 atom stereocenters. The van der Waals surface area contributed by atoms with Crippen LogP contribution in [0.15, 0.2) is 255 Å². The number of hydrogen-bond acceptors (Lipinski definition) is 0. The van der Waals surface area contributed by atoms with Crippen molar-refractivity contribution in [2.75, 3.05) is 0 Å². The number of rotatable bonds is 8. The molecule has 308 valence electrons. The minimum absolute atomic E-state index is 1.15. The molecule has 0 fully saturated rings. The predicted molar refractivity (Wildman–Crippen MR) is 284 cm³/mol. The molecule has 0 bridgehead atoms. The van der Waals surface area contributed by atoms with Crippen LogP contribution >= 0.6 is 0 Å². The van der Waals surface area contributed by atoms with Crippen LogP contribution in [0.1, 0.15) is 11.1 Å². The number of fused-ring (bicyclic) bond motifs is 4. The van der Waals surface area contributed by atoms with E-state index in [2.05, 4.69) is 267 Å². The zero-order valence-electron chi connectivity index (χ0n) is 36.4. The molecule has 0 radical (unpaired) electrons. The standard InChI is InChI=1S/C66H44/c1-3-23-47(24-4-1)63-55-33-11-15-37-59(55)65(60-38-16-12-34-56(60)63)53-31-9-7-29-51(53)49-27-19-21-45(43-49)41-42-46-22-20-28-50(44-46)52-30-8-10-32-54(52)66-61-39-17-13-35-57(61)64(48-25-5-2-6-26-48)58-36-14-18-40-62(58)66/h1-44H. The molecule has 0 aliphatic heterocycles. The van der Waals surface area contributed by atoms with Gasteiger partial charge in [0.25, 0.3) is 0 Å². The molecule has 0 nitrogen and oxygen atoms in total. The van der Waals surface area contributed by atoms with Crippen molar-refractivity contribution in [3.8, 4) is 66.8 Å². The van der Waals surface area contributed by atoms with Gasteiger partial charge in [0.1, 0.15) is 0 Å². The fourth-order valence-electron chi connectivity index (χ4n) is 10.4. The Labute approximate surface area is 386 Å². The second-order valence-corrected chi connectivity index (χ2v) is 17.1. The zero-order valence-corrected chi connectivity index (χ0v) is 36.4. The Bertz CT molecular complexity index is 3430. The highest BCUT2D eigenvalue weighted by Crippen LogP contribution is 2.48. The Kier molecular flexibility index (Phi) is 9.97. The summed E-state index contributed by atoms with van der Waals surface area (Å²) in [5.74, 6) is 0. The van der Waals surface area contributed by atoms with E-state index in [-0.39, 0.29) is 0 Å². The second-order valence-electron chi connectivity index (χ2n) is 17.1. The van der Waals surface area contributed by atoms with E-state index in [1.807, 2.05) is 0 Å². The lowest BCUT2D eigenvalue weighted by Crippen LogP contribution is -1.92. The Hall–Kier alpha value is -8.58. The highest BCUT2D eigenvalue weighted by Gasteiger charge is 2.20. The van der Waals surface area contributed by atoms with Gasteiger partial charge in [-0.25, -0.2) is 0 Å². The molecule has 0 heteroatoms. The third-order valence-corrected chi connectivity index (χ3v) is 13.2. The van der Waals surface area contributed by atoms with Gasteiger partial charge in [-0.2, -0.15) is 0 Å². The second kappa shape index (κ2) is 16.8. The zero-order chi connectivity index (χ0) is 43.8. The summed E-state index contributed by atoms with van der Waals surface area (Å²) >= 11 is 0. The number of hydrogen-bond donors (Lipinski definition) is 0. The van der Waals surface area contributed by atoms with Crippen molar-refractivity contribution in [2.24, 2.45) is 0 Å². The molecule has 0 saturated carbocycles. The van der Waals surface area contributed by atoms with E-state index in [9.17, 15) is 0 Å². The minimum atomic E-state index is 1.15. The average Bonchev–Trinajstić information content (AvgIpc) is 3.39. The molecule has 0 aliphatic rings. The molecule has 0 heterocycles. The summed E-state index contributed by atoms with van der Waals surface area (Å²) in [5, 5.41) is 10.1. The summed E-state index contributed by atoms with van der Waals surface area (Å²) in [6, 6.07) is 93.0. The molecule has 0 saturated heterocycles. The smallest absolute Gasteiger partial charge is 0.00201 e. The lowest BCUT2D eigenvalue weighted by Gasteiger charge is -2.19. The Morgan fingerprint density at radius 3 is 0.773 bits per heavy atom. The van der Waals surface area contributed by atoms with Gasteiger partial charge in [-0.1, -0.05) is 255 Å². The Morgan fingerprint density at radius 1 is 0.182 bits per heavy atom. The maximum atomic E-state index is 2.33. The maximum Gasteiger partial charge on any atom is -0.00201 e. The summed E-state index contributed by atoms with van der Waals surface area (Å²) in [5.41, 5.74) is 17.1. The molecule has 0 amide bonds. The Balaban J connectivity index is 0.929. The van der Waals surface area contributed by atoms with Crippen LogP contribution < -0.4 is 0 Å². The molecule has 0 unspecified atom stereocenters. The molecule has 0 aliphatic carbocycles. The summed E-state index contributed by atoms with van der Waals surface area (Å²) in [4.78, 5) is 0. The fraction of sp³-hybridized carbons (Fsp3) is 0. The monoisotopic (exact) mass is 836 g/mol. The molecular weight excluding hydrogens is 793 g/mol. The van der Waals surface area contributed by atoms with Crippen molar-refractivity contribution in [2.45, 2.75) is 0 Å². The average molecular weight is 837 g/mol. The van der Waals surface area contributed by atoms with E-state index >= 15 is 0 Å². The summed E-state index contributed by atoms with van der Waals surface area (Å²) < 4.78 is 0. The van der Waals surface area contributed by atoms with Gasteiger partial charge in [-0.15, -0.1) is 0 Å². The van der Waals surface area contributed by atoms with Gasteiger partial charge in [0.05, 0.1) is 0 Å². The van der Waals surface area contributed by atoms with E-state index < -0.39 is 0 Å². The SMILES string of the molecule is C(=Cc1cccc(-c2ccccc2-c2c3ccccc3c(-c3ccccc3)c3ccccc23)c1)c1cccc(-c2ccccc2-c2c3ccccc3c(-c3ccccc3)c3ccccc23)c1. The van der Waals surface area contributed by atoms with Crippen molar-refractivity contribution in [3.63, 3.8) is 0 Å². The summed E-state index contributed by atoms with van der Waals surface area (Å²) in [6.45, 7) is 0. The van der Waals surface area contributed by atoms with Crippen LogP contribution in [0.25, 0.3) is 122 Å². The molecule has 12 aromatic rings. The van der Waals surface area contributed by atoms with Crippen molar-refractivity contribution >= 4 is 55.2 Å². The number of benzene rings is 12. The topological polar surface area (TPSA) is 0 Å². The third-order valence-electron chi connectivity index (χ3n) is 13.2. The Morgan fingerprint density at radius 2 is 0.439 bits per heavy atom. The van der Waals surface area contributed by atoms with Crippen LogP contribution in [0.5, 0.6) is 0 Å². The van der Waals surface area contributed by atoms with Crippen LogP contribution in [-0.4, -0.2) is 0 Å². The highest BCUT2D eigenvalue weighted by molar-refractivity contribution is 6.24. The van der Waals surface area contributed by atoms with Crippen molar-refractivity contribution in [1.82, 2.24) is 0 Å². The van der Waals surface area contributed by atoms with Crippen LogP contribution in [0.4, 0.5) is 0 Å². The van der Waals surface area contributed by atoms with E-state index in [4.69, 9.17) is 0 Å². The van der Waals surface area contributed by atoms with Gasteiger partial charge in [0, 0.05) is 0 Å². The van der Waals surface area contributed by atoms with Crippen LogP contribution in [0.3, 0.4) is 0 Å². The normalized spacial score (nSPS) is 11.6. The van der Waals surface area contributed by atoms with Crippen LogP contribution in [0, 0.1) is 0 Å². The lowest BCUT2D eigenvalue weighted by molar-refractivity contribution is 1.58. The first-order valence-electron chi connectivity index (χ1n) is 22.8. The minimum Gasteiger partial charge on any atom is -0.0622 e. The van der Waals surface area contributed by atoms with E-state index in [1.54, 1.807) is 0 Å². The molecule has 12 aromatic carbocycles. The quantitative estimate of drug-likeness (QED) is 0.106. The van der Waals surface area contributed by atoms with E-state index in [0.717, 1.165) is 11.1 Å². The lowest BCUT2D eigenvalue weighted by atomic mass is 9.83. The third kappa shape index (κ3) is 6.88. The van der Waals surface area contributed by atoms with Crippen molar-refractivity contribution in [3.05, 3.63) is 266 Å². The molecule has 0 N–H and O–H groups in total. The molecule has 12 rings (SSSR count). The molecule has 66 heavy (non-hydrogen) atoms. The summed E-state index contributed by atoms with van der Waals surface area (Å²) in [7, 11) is 0. The summed E-state index contributed by atoms with van der Waals surface area (Å²) in [6.07, 6.45) is 4.50. The van der Waals surface area contributed by atoms with Crippen LogP contribution in [-0.2, 0) is 0 Å². The molecule has 0 spiro atoms. The first kappa shape index (κ1) is 39.0. The first-order valence-corrected chi connectivity index (χ1v) is 22.8. The highest BCUT2D eigenvalue weighted by atomic mass is 14.2. The van der Waals surface area contributed by atoms with Crippen molar-refractivity contribution < 1.29 is 0 Å². The molecule has 0 aromatic heterocycles. The van der Waals surface area contributed by atoms with Crippen molar-refractivity contribution in [1.29, 1.82) is 0 Å². The molecular formula is C66H44. The maximum absolute atomic E-state index is 2.33. The fourth-order valence-corrected chi connectivity index (χ4v) is 10.4. The van der Waals surface area contributed by atoms with Gasteiger partial charge in [-0.3, -0.25) is 0 Å². The van der Waals surface area contributed by atoms with E-state index in [0.29, 0.717) is 0 Å².